The average molecular weight is 247 g/mol. The van der Waals surface area contributed by atoms with Crippen LogP contribution >= 0.6 is 0 Å². The van der Waals surface area contributed by atoms with Crippen LogP contribution in [0.25, 0.3) is 0 Å². The second kappa shape index (κ2) is 5.80. The van der Waals surface area contributed by atoms with Gasteiger partial charge in [-0.15, -0.1) is 0 Å². The zero-order valence-electron chi connectivity index (χ0n) is 11.1. The van der Waals surface area contributed by atoms with Crippen LogP contribution in [0.5, 0.6) is 0 Å². The van der Waals surface area contributed by atoms with E-state index in [0.717, 1.165) is 29.7 Å². The highest BCUT2D eigenvalue weighted by Crippen LogP contribution is 2.24. The van der Waals surface area contributed by atoms with Crippen molar-refractivity contribution in [3.8, 4) is 0 Å². The monoisotopic (exact) mass is 247 g/mol. The maximum Gasteiger partial charge on any atom is 0.188 e. The first-order valence-electron chi connectivity index (χ1n) is 6.48. The van der Waals surface area contributed by atoms with E-state index < -0.39 is 0 Å². The van der Waals surface area contributed by atoms with E-state index in [-0.39, 0.29) is 0 Å². The molecule has 18 heavy (non-hydrogen) atoms. The molecule has 98 valence electrons. The Balaban J connectivity index is 1.84. The molecule has 1 aliphatic rings. The summed E-state index contributed by atoms with van der Waals surface area (Å²) in [6.45, 7) is 5.30. The Labute approximate surface area is 108 Å². The van der Waals surface area contributed by atoms with Crippen LogP contribution in [0.1, 0.15) is 36.5 Å². The van der Waals surface area contributed by atoms with Crippen LogP contribution in [-0.4, -0.2) is 22.5 Å². The van der Waals surface area contributed by atoms with Gasteiger partial charge in [-0.1, -0.05) is 6.42 Å². The fraction of sp³-hybridized carbons (Fsp3) is 0.615. The van der Waals surface area contributed by atoms with Gasteiger partial charge in [-0.05, 0) is 38.7 Å². The number of aromatic nitrogens is 2. The lowest BCUT2D eigenvalue weighted by Gasteiger charge is -2.25. The minimum absolute atomic E-state index is 0.508. The van der Waals surface area contributed by atoms with E-state index in [1.807, 2.05) is 19.9 Å². The Morgan fingerprint density at radius 3 is 2.83 bits per heavy atom. The van der Waals surface area contributed by atoms with Crippen LogP contribution in [0.2, 0.25) is 0 Å². The maximum atomic E-state index is 5.82. The molecule has 0 saturated heterocycles. The van der Waals surface area contributed by atoms with E-state index in [0.29, 0.717) is 12.5 Å². The van der Waals surface area contributed by atoms with E-state index >= 15 is 0 Å². The second-order valence-corrected chi connectivity index (χ2v) is 4.93. The van der Waals surface area contributed by atoms with Gasteiger partial charge in [0.25, 0.3) is 0 Å². The van der Waals surface area contributed by atoms with Crippen LogP contribution in [0, 0.1) is 19.8 Å². The summed E-state index contributed by atoms with van der Waals surface area (Å²) in [5.74, 6) is 2.07. The lowest BCUT2D eigenvalue weighted by atomic mass is 9.85. The zero-order chi connectivity index (χ0) is 13.0. The van der Waals surface area contributed by atoms with Gasteiger partial charge in [-0.2, -0.15) is 0 Å². The summed E-state index contributed by atoms with van der Waals surface area (Å²) >= 11 is 0. The quantitative estimate of drug-likeness (QED) is 0.621. The maximum absolute atomic E-state index is 5.82. The van der Waals surface area contributed by atoms with Crippen LogP contribution in [0.3, 0.4) is 0 Å². The molecule has 3 N–H and O–H groups in total. The first-order valence-corrected chi connectivity index (χ1v) is 6.48. The molecule has 1 fully saturated rings. The van der Waals surface area contributed by atoms with Gasteiger partial charge in [0.05, 0.1) is 12.2 Å². The highest BCUT2D eigenvalue weighted by Gasteiger charge is 2.16. The van der Waals surface area contributed by atoms with E-state index in [4.69, 9.17) is 5.73 Å². The van der Waals surface area contributed by atoms with Crippen molar-refractivity contribution < 1.29 is 0 Å². The van der Waals surface area contributed by atoms with Crippen molar-refractivity contribution in [3.05, 3.63) is 23.3 Å². The summed E-state index contributed by atoms with van der Waals surface area (Å²) in [5, 5.41) is 3.17. The lowest BCUT2D eigenvalue weighted by Crippen LogP contribution is -2.37. The normalized spacial score (nSPS) is 16.4. The van der Waals surface area contributed by atoms with Crippen LogP contribution in [-0.2, 0) is 6.54 Å². The topological polar surface area (TPSA) is 76.2 Å². The molecule has 2 rings (SSSR count). The van der Waals surface area contributed by atoms with E-state index in [2.05, 4.69) is 20.3 Å². The standard InChI is InChI=1S/C13H21N5/c1-9-6-12(18-10(2)17-9)8-16-13(14)15-7-11-4-3-5-11/h6,11H,3-5,7-8H2,1-2H3,(H3,14,15,16). The van der Waals surface area contributed by atoms with Crippen LogP contribution in [0.4, 0.5) is 0 Å². The number of hydrogen-bond donors (Lipinski definition) is 2. The Kier molecular flexibility index (Phi) is 4.12. The summed E-state index contributed by atoms with van der Waals surface area (Å²) in [4.78, 5) is 12.9. The minimum Gasteiger partial charge on any atom is -0.370 e. The number of nitrogens with zero attached hydrogens (tertiary/aromatic N) is 3. The van der Waals surface area contributed by atoms with Crippen molar-refractivity contribution in [2.45, 2.75) is 39.7 Å². The van der Waals surface area contributed by atoms with Gasteiger partial charge in [0.15, 0.2) is 5.96 Å². The first-order chi connectivity index (χ1) is 8.63. The third-order valence-electron chi connectivity index (χ3n) is 3.23. The molecule has 1 aromatic heterocycles. The summed E-state index contributed by atoms with van der Waals surface area (Å²) in [5.41, 5.74) is 7.70. The zero-order valence-corrected chi connectivity index (χ0v) is 11.1. The van der Waals surface area contributed by atoms with Gasteiger partial charge in [0.2, 0.25) is 0 Å². The summed E-state index contributed by atoms with van der Waals surface area (Å²) in [7, 11) is 0. The average Bonchev–Trinajstić information content (AvgIpc) is 2.23. The largest absolute Gasteiger partial charge is 0.370 e. The Morgan fingerprint density at radius 2 is 2.22 bits per heavy atom. The van der Waals surface area contributed by atoms with Gasteiger partial charge in [0, 0.05) is 12.2 Å². The van der Waals surface area contributed by atoms with Crippen molar-refractivity contribution >= 4 is 5.96 Å². The highest BCUT2D eigenvalue weighted by atomic mass is 15.1. The molecule has 5 heteroatoms. The number of nitrogens with two attached hydrogens (primary N) is 1. The van der Waals surface area contributed by atoms with E-state index in [1.165, 1.54) is 19.3 Å². The Morgan fingerprint density at radius 1 is 1.44 bits per heavy atom. The molecule has 0 spiro atoms. The number of nitrogens with one attached hydrogen (secondary N) is 1. The van der Waals surface area contributed by atoms with Gasteiger partial charge in [0.1, 0.15) is 5.82 Å². The number of aryl methyl sites for hydroxylation is 2. The van der Waals surface area contributed by atoms with Crippen molar-refractivity contribution in [2.75, 3.05) is 6.54 Å². The smallest absolute Gasteiger partial charge is 0.188 e. The molecule has 0 unspecified atom stereocenters. The molecule has 0 aromatic carbocycles. The van der Waals surface area contributed by atoms with Crippen LogP contribution in [0.15, 0.2) is 11.1 Å². The number of guanidine groups is 1. The molecule has 0 atom stereocenters. The molecule has 5 nitrogen and oxygen atoms in total. The fourth-order valence-electron chi connectivity index (χ4n) is 2.04. The van der Waals surface area contributed by atoms with Gasteiger partial charge in [-0.3, -0.25) is 0 Å². The molecule has 1 aromatic rings. The summed E-state index contributed by atoms with van der Waals surface area (Å²) < 4.78 is 0. The third kappa shape index (κ3) is 3.68. The van der Waals surface area contributed by atoms with Gasteiger partial charge in [-0.25, -0.2) is 15.0 Å². The molecule has 1 saturated carbocycles. The van der Waals surface area contributed by atoms with Crippen LogP contribution < -0.4 is 11.1 Å². The fourth-order valence-corrected chi connectivity index (χ4v) is 2.04. The van der Waals surface area contributed by atoms with Crippen molar-refractivity contribution in [1.29, 1.82) is 0 Å². The second-order valence-electron chi connectivity index (χ2n) is 4.93. The first kappa shape index (κ1) is 12.8. The molecular formula is C13H21N5. The predicted octanol–water partition coefficient (Wildman–Crippen LogP) is 1.30. The lowest BCUT2D eigenvalue weighted by molar-refractivity contribution is 0.315. The summed E-state index contributed by atoms with van der Waals surface area (Å²) in [6, 6.07) is 1.94. The number of rotatable bonds is 4. The van der Waals surface area contributed by atoms with E-state index in [9.17, 15) is 0 Å². The SMILES string of the molecule is Cc1cc(CN=C(N)NCC2CCC2)nc(C)n1. The molecule has 0 bridgehead atoms. The Bertz CT molecular complexity index is 417. The summed E-state index contributed by atoms with van der Waals surface area (Å²) in [6.07, 6.45) is 3.97. The molecular weight excluding hydrogens is 226 g/mol. The molecule has 1 heterocycles. The van der Waals surface area contributed by atoms with Gasteiger partial charge >= 0.3 is 0 Å². The van der Waals surface area contributed by atoms with Gasteiger partial charge < -0.3 is 11.1 Å². The van der Waals surface area contributed by atoms with Crippen molar-refractivity contribution in [2.24, 2.45) is 16.6 Å². The molecule has 0 amide bonds. The molecule has 0 aliphatic heterocycles. The predicted molar refractivity (Wildman–Crippen MR) is 72.2 cm³/mol. The molecule has 0 radical (unpaired) electrons. The molecule has 1 aliphatic carbocycles. The third-order valence-corrected chi connectivity index (χ3v) is 3.23. The van der Waals surface area contributed by atoms with Crippen molar-refractivity contribution in [1.82, 2.24) is 15.3 Å². The highest BCUT2D eigenvalue weighted by molar-refractivity contribution is 5.77. The van der Waals surface area contributed by atoms with Crippen molar-refractivity contribution in [3.63, 3.8) is 0 Å². The van der Waals surface area contributed by atoms with E-state index in [1.54, 1.807) is 0 Å². The number of hydrogen-bond acceptors (Lipinski definition) is 3. The number of aliphatic imine (C=N–C) groups is 1. The minimum atomic E-state index is 0.508. The Hall–Kier alpha value is -1.65.